The molecule has 1 aromatic heterocycles. The number of anilines is 1. The van der Waals surface area contributed by atoms with Gasteiger partial charge in [0.05, 0.1) is 5.69 Å². The van der Waals surface area contributed by atoms with Gasteiger partial charge in [-0.05, 0) is 30.3 Å². The summed E-state index contributed by atoms with van der Waals surface area (Å²) in [6.07, 6.45) is 1.59. The standard InChI is InChI=1S/C12H10BrFN2O/c13-8-1-2-11(14)12(5-8)17-7-10-6-9(15)3-4-16-10/h1-6H,7H2,(H2,15,16). The van der Waals surface area contributed by atoms with Crippen LogP contribution in [0.5, 0.6) is 5.75 Å². The second-order valence-corrected chi connectivity index (χ2v) is 4.36. The molecule has 0 atom stereocenters. The average molecular weight is 297 g/mol. The first-order chi connectivity index (χ1) is 8.15. The Labute approximate surface area is 107 Å². The van der Waals surface area contributed by atoms with E-state index >= 15 is 0 Å². The number of nitrogens with two attached hydrogens (primary N) is 1. The number of halogens is 2. The summed E-state index contributed by atoms with van der Waals surface area (Å²) in [6, 6.07) is 7.90. The lowest BCUT2D eigenvalue weighted by molar-refractivity contribution is 0.286. The predicted molar refractivity (Wildman–Crippen MR) is 67.1 cm³/mol. The molecule has 0 bridgehead atoms. The second kappa shape index (κ2) is 5.14. The number of benzene rings is 1. The summed E-state index contributed by atoms with van der Waals surface area (Å²) in [4.78, 5) is 4.07. The van der Waals surface area contributed by atoms with Crippen molar-refractivity contribution in [3.05, 3.63) is 52.5 Å². The molecule has 0 unspecified atom stereocenters. The fourth-order valence-electron chi connectivity index (χ4n) is 1.32. The van der Waals surface area contributed by atoms with Gasteiger partial charge in [0.15, 0.2) is 11.6 Å². The van der Waals surface area contributed by atoms with Crippen LogP contribution >= 0.6 is 15.9 Å². The van der Waals surface area contributed by atoms with Gasteiger partial charge in [-0.1, -0.05) is 15.9 Å². The zero-order chi connectivity index (χ0) is 12.3. The third-order valence-electron chi connectivity index (χ3n) is 2.11. The zero-order valence-corrected chi connectivity index (χ0v) is 10.4. The zero-order valence-electron chi connectivity index (χ0n) is 8.86. The topological polar surface area (TPSA) is 48.1 Å². The number of hydrogen-bond acceptors (Lipinski definition) is 3. The normalized spacial score (nSPS) is 10.2. The van der Waals surface area contributed by atoms with Gasteiger partial charge < -0.3 is 10.5 Å². The summed E-state index contributed by atoms with van der Waals surface area (Å²) in [5.74, 6) is -0.222. The third-order valence-corrected chi connectivity index (χ3v) is 2.60. The van der Waals surface area contributed by atoms with Crippen molar-refractivity contribution in [1.29, 1.82) is 0 Å². The quantitative estimate of drug-likeness (QED) is 0.946. The number of aromatic nitrogens is 1. The van der Waals surface area contributed by atoms with Crippen LogP contribution in [0.3, 0.4) is 0 Å². The maximum absolute atomic E-state index is 13.4. The molecule has 0 fully saturated rings. The fraction of sp³-hybridized carbons (Fsp3) is 0.0833. The van der Waals surface area contributed by atoms with Crippen LogP contribution in [0.1, 0.15) is 5.69 Å². The summed E-state index contributed by atoms with van der Waals surface area (Å²) in [6.45, 7) is 0.179. The van der Waals surface area contributed by atoms with Crippen molar-refractivity contribution in [2.45, 2.75) is 6.61 Å². The Morgan fingerprint density at radius 1 is 1.29 bits per heavy atom. The smallest absolute Gasteiger partial charge is 0.165 e. The van der Waals surface area contributed by atoms with Crippen LogP contribution < -0.4 is 10.5 Å². The van der Waals surface area contributed by atoms with Crippen LogP contribution in [0.15, 0.2) is 41.0 Å². The Kier molecular flexibility index (Phi) is 3.58. The highest BCUT2D eigenvalue weighted by molar-refractivity contribution is 9.10. The van der Waals surface area contributed by atoms with E-state index in [2.05, 4.69) is 20.9 Å². The van der Waals surface area contributed by atoms with Gasteiger partial charge >= 0.3 is 0 Å². The molecule has 5 heteroatoms. The first-order valence-corrected chi connectivity index (χ1v) is 5.73. The van der Waals surface area contributed by atoms with Gasteiger partial charge in [-0.2, -0.15) is 0 Å². The highest BCUT2D eigenvalue weighted by atomic mass is 79.9. The molecular weight excluding hydrogens is 287 g/mol. The molecule has 0 saturated heterocycles. The molecule has 1 aromatic carbocycles. The van der Waals surface area contributed by atoms with Crippen LogP contribution in [-0.2, 0) is 6.61 Å². The maximum Gasteiger partial charge on any atom is 0.165 e. The van der Waals surface area contributed by atoms with E-state index in [1.54, 1.807) is 30.5 Å². The van der Waals surface area contributed by atoms with Crippen LogP contribution in [0.25, 0.3) is 0 Å². The molecule has 0 spiro atoms. The molecule has 3 nitrogen and oxygen atoms in total. The van der Waals surface area contributed by atoms with E-state index < -0.39 is 5.82 Å². The molecule has 0 aliphatic carbocycles. The first kappa shape index (κ1) is 11.9. The third kappa shape index (κ3) is 3.17. The highest BCUT2D eigenvalue weighted by Crippen LogP contribution is 2.23. The van der Waals surface area contributed by atoms with Crippen LogP contribution in [0.4, 0.5) is 10.1 Å². The number of ether oxygens (including phenoxy) is 1. The molecule has 0 radical (unpaired) electrons. The average Bonchev–Trinajstić information content (AvgIpc) is 2.30. The second-order valence-electron chi connectivity index (χ2n) is 3.44. The first-order valence-electron chi connectivity index (χ1n) is 4.93. The Bertz CT molecular complexity index is 534. The van der Waals surface area contributed by atoms with Gasteiger partial charge in [0.1, 0.15) is 6.61 Å². The lowest BCUT2D eigenvalue weighted by Crippen LogP contribution is -2.00. The largest absolute Gasteiger partial charge is 0.484 e. The summed E-state index contributed by atoms with van der Waals surface area (Å²) >= 11 is 3.25. The van der Waals surface area contributed by atoms with E-state index in [1.165, 1.54) is 6.07 Å². The van der Waals surface area contributed by atoms with Gasteiger partial charge in [0.2, 0.25) is 0 Å². The number of nitrogen functional groups attached to an aromatic ring is 1. The number of nitrogens with zero attached hydrogens (tertiary/aromatic N) is 1. The molecule has 0 amide bonds. The molecule has 2 N–H and O–H groups in total. The minimum absolute atomic E-state index is 0.179. The summed E-state index contributed by atoms with van der Waals surface area (Å²) in [7, 11) is 0. The van der Waals surface area contributed by atoms with Crippen molar-refractivity contribution < 1.29 is 9.13 Å². The maximum atomic E-state index is 13.4. The van der Waals surface area contributed by atoms with E-state index in [0.717, 1.165) is 4.47 Å². The van der Waals surface area contributed by atoms with Crippen LogP contribution in [0, 0.1) is 5.82 Å². The lowest BCUT2D eigenvalue weighted by Gasteiger charge is -2.07. The predicted octanol–water partition coefficient (Wildman–Crippen LogP) is 3.14. The summed E-state index contributed by atoms with van der Waals surface area (Å²) < 4.78 is 19.5. The van der Waals surface area contributed by atoms with Crippen molar-refractivity contribution in [2.24, 2.45) is 0 Å². The minimum Gasteiger partial charge on any atom is -0.484 e. The van der Waals surface area contributed by atoms with Crippen molar-refractivity contribution in [2.75, 3.05) is 5.73 Å². The number of rotatable bonds is 3. The molecule has 0 aliphatic rings. The Morgan fingerprint density at radius 3 is 2.88 bits per heavy atom. The van der Waals surface area contributed by atoms with Gasteiger partial charge in [-0.15, -0.1) is 0 Å². The monoisotopic (exact) mass is 296 g/mol. The van der Waals surface area contributed by atoms with Gasteiger partial charge in [0.25, 0.3) is 0 Å². The van der Waals surface area contributed by atoms with E-state index in [0.29, 0.717) is 11.4 Å². The Hall–Kier alpha value is -1.62. The summed E-state index contributed by atoms with van der Waals surface area (Å²) in [5.41, 5.74) is 6.87. The molecule has 2 rings (SSSR count). The van der Waals surface area contributed by atoms with E-state index in [4.69, 9.17) is 10.5 Å². The molecular formula is C12H10BrFN2O. The molecule has 0 saturated carbocycles. The van der Waals surface area contributed by atoms with Gasteiger partial charge in [-0.3, -0.25) is 4.98 Å². The van der Waals surface area contributed by atoms with E-state index in [1.807, 2.05) is 0 Å². The molecule has 17 heavy (non-hydrogen) atoms. The van der Waals surface area contributed by atoms with Crippen molar-refractivity contribution in [3.8, 4) is 5.75 Å². The number of pyridine rings is 1. The number of hydrogen-bond donors (Lipinski definition) is 1. The lowest BCUT2D eigenvalue weighted by atomic mass is 10.3. The van der Waals surface area contributed by atoms with Crippen molar-refractivity contribution >= 4 is 21.6 Å². The molecule has 0 aliphatic heterocycles. The van der Waals surface area contributed by atoms with Crippen LogP contribution in [-0.4, -0.2) is 4.98 Å². The van der Waals surface area contributed by atoms with E-state index in [-0.39, 0.29) is 12.4 Å². The Balaban J connectivity index is 2.09. The SMILES string of the molecule is Nc1ccnc(COc2cc(Br)ccc2F)c1. The fourth-order valence-corrected chi connectivity index (χ4v) is 1.66. The molecule has 2 aromatic rings. The summed E-state index contributed by atoms with van der Waals surface area (Å²) in [5, 5.41) is 0. The van der Waals surface area contributed by atoms with E-state index in [9.17, 15) is 4.39 Å². The molecule has 88 valence electrons. The van der Waals surface area contributed by atoms with Gasteiger partial charge in [0, 0.05) is 16.4 Å². The minimum atomic E-state index is -0.405. The van der Waals surface area contributed by atoms with Crippen molar-refractivity contribution in [3.63, 3.8) is 0 Å². The Morgan fingerprint density at radius 2 is 2.12 bits per heavy atom. The highest BCUT2D eigenvalue weighted by Gasteiger charge is 2.04. The van der Waals surface area contributed by atoms with Gasteiger partial charge in [-0.25, -0.2) is 4.39 Å². The van der Waals surface area contributed by atoms with Crippen molar-refractivity contribution in [1.82, 2.24) is 4.98 Å². The van der Waals surface area contributed by atoms with Crippen LogP contribution in [0.2, 0.25) is 0 Å². The molecule has 1 heterocycles.